The zero-order valence-electron chi connectivity index (χ0n) is 21.7. The molecule has 2 amide bonds. The minimum atomic E-state index is -4.85. The first kappa shape index (κ1) is 31.2. The van der Waals surface area contributed by atoms with Crippen molar-refractivity contribution in [1.29, 1.82) is 0 Å². The van der Waals surface area contributed by atoms with Gasteiger partial charge in [0.25, 0.3) is 0 Å². The summed E-state index contributed by atoms with van der Waals surface area (Å²) in [6.45, 7) is 4.71. The van der Waals surface area contributed by atoms with Crippen LogP contribution in [0.5, 0.6) is 5.75 Å². The Morgan fingerprint density at radius 1 is 1.11 bits per heavy atom. The second-order valence-corrected chi connectivity index (χ2v) is 11.4. The largest absolute Gasteiger partial charge is 0.497 e. The van der Waals surface area contributed by atoms with Gasteiger partial charge >= 0.3 is 6.18 Å². The zero-order valence-corrected chi connectivity index (χ0v) is 23.2. The van der Waals surface area contributed by atoms with Gasteiger partial charge in [0.05, 0.1) is 29.6 Å². The van der Waals surface area contributed by atoms with Crippen molar-refractivity contribution in [1.82, 2.24) is 10.2 Å². The number of amides is 2. The van der Waals surface area contributed by atoms with Gasteiger partial charge in [-0.1, -0.05) is 37.6 Å². The molecule has 0 heterocycles. The Balaban J connectivity index is 2.47. The van der Waals surface area contributed by atoms with Crippen molar-refractivity contribution in [2.45, 2.75) is 39.5 Å². The van der Waals surface area contributed by atoms with Crippen LogP contribution in [-0.4, -0.2) is 57.6 Å². The van der Waals surface area contributed by atoms with E-state index in [-0.39, 0.29) is 12.5 Å². The predicted octanol–water partition coefficient (Wildman–Crippen LogP) is 4.32. The van der Waals surface area contributed by atoms with Gasteiger partial charge in [-0.05, 0) is 48.7 Å². The summed E-state index contributed by atoms with van der Waals surface area (Å²) in [6.07, 6.45) is -4.07. The van der Waals surface area contributed by atoms with Crippen molar-refractivity contribution in [2.24, 2.45) is 5.92 Å². The SMILES string of the molecule is COc1cccc(CN(C(=O)CN(c2ccc(Cl)c(C(F)(F)F)c2)S(C)(=O)=O)C(C)C(=O)NCC(C)C)c1. The number of benzene rings is 2. The van der Waals surface area contributed by atoms with Gasteiger partial charge in [-0.2, -0.15) is 13.2 Å². The molecule has 0 aliphatic heterocycles. The van der Waals surface area contributed by atoms with Crippen LogP contribution in [0.1, 0.15) is 31.9 Å². The summed E-state index contributed by atoms with van der Waals surface area (Å²) in [5.74, 6) is -0.617. The third-order valence-corrected chi connectivity index (χ3v) is 7.03. The van der Waals surface area contributed by atoms with Crippen molar-refractivity contribution in [3.05, 3.63) is 58.6 Å². The number of sulfonamides is 1. The maximum Gasteiger partial charge on any atom is 0.417 e. The average molecular weight is 578 g/mol. The summed E-state index contributed by atoms with van der Waals surface area (Å²) in [5.41, 5.74) is -1.04. The first-order valence-electron chi connectivity index (χ1n) is 11.6. The van der Waals surface area contributed by atoms with E-state index in [4.69, 9.17) is 16.3 Å². The summed E-state index contributed by atoms with van der Waals surface area (Å²) >= 11 is 5.68. The molecule has 2 aromatic carbocycles. The van der Waals surface area contributed by atoms with Crippen molar-refractivity contribution < 1.29 is 35.9 Å². The molecule has 0 saturated carbocycles. The second-order valence-electron chi connectivity index (χ2n) is 9.12. The van der Waals surface area contributed by atoms with Crippen molar-refractivity contribution >= 4 is 39.1 Å². The predicted molar refractivity (Wildman–Crippen MR) is 139 cm³/mol. The Hall–Kier alpha value is -2.99. The van der Waals surface area contributed by atoms with E-state index in [0.29, 0.717) is 28.2 Å². The molecule has 8 nitrogen and oxygen atoms in total. The lowest BCUT2D eigenvalue weighted by atomic mass is 10.1. The fourth-order valence-electron chi connectivity index (χ4n) is 3.50. The van der Waals surface area contributed by atoms with Crippen LogP contribution in [-0.2, 0) is 32.3 Å². The lowest BCUT2D eigenvalue weighted by Gasteiger charge is -2.32. The third-order valence-electron chi connectivity index (χ3n) is 5.56. The standard InChI is InChI=1S/C25H31ClF3N3O5S/c1-16(2)13-30-24(34)17(3)31(14-18-7-6-8-20(11-18)37-4)23(33)15-32(38(5,35)36)19-9-10-22(26)21(12-19)25(27,28)29/h6-12,16-17H,13-15H2,1-5H3,(H,30,34). The van der Waals surface area contributed by atoms with Gasteiger partial charge in [0, 0.05) is 13.1 Å². The highest BCUT2D eigenvalue weighted by atomic mass is 35.5. The Morgan fingerprint density at radius 3 is 2.32 bits per heavy atom. The Labute approximate surface area is 225 Å². The first-order valence-corrected chi connectivity index (χ1v) is 13.8. The molecule has 1 N–H and O–H groups in total. The van der Waals surface area contributed by atoms with E-state index in [9.17, 15) is 31.2 Å². The Bertz CT molecular complexity index is 1260. The molecule has 38 heavy (non-hydrogen) atoms. The average Bonchev–Trinajstić information content (AvgIpc) is 2.83. The number of methoxy groups -OCH3 is 1. The number of hydrogen-bond donors (Lipinski definition) is 1. The van der Waals surface area contributed by atoms with Crippen LogP contribution in [0.2, 0.25) is 5.02 Å². The molecule has 0 fully saturated rings. The van der Waals surface area contributed by atoms with Gasteiger partial charge in [0.2, 0.25) is 21.8 Å². The molecule has 2 aromatic rings. The number of nitrogens with one attached hydrogen (secondary N) is 1. The van der Waals surface area contributed by atoms with Gasteiger partial charge in [-0.3, -0.25) is 13.9 Å². The molecule has 0 aliphatic rings. The molecule has 0 radical (unpaired) electrons. The van der Waals surface area contributed by atoms with Crippen LogP contribution >= 0.6 is 11.6 Å². The molecule has 210 valence electrons. The fourth-order valence-corrected chi connectivity index (χ4v) is 4.57. The van der Waals surface area contributed by atoms with Crippen LogP contribution in [0.15, 0.2) is 42.5 Å². The molecule has 0 aromatic heterocycles. The maximum atomic E-state index is 13.5. The van der Waals surface area contributed by atoms with Crippen LogP contribution in [0.4, 0.5) is 18.9 Å². The van der Waals surface area contributed by atoms with Gasteiger partial charge in [-0.15, -0.1) is 0 Å². The summed E-state index contributed by atoms with van der Waals surface area (Å²) in [4.78, 5) is 27.5. The van der Waals surface area contributed by atoms with E-state index in [2.05, 4.69) is 5.32 Å². The van der Waals surface area contributed by atoms with Crippen LogP contribution in [0.25, 0.3) is 0 Å². The van der Waals surface area contributed by atoms with E-state index in [1.807, 2.05) is 13.8 Å². The quantitative estimate of drug-likeness (QED) is 0.429. The minimum Gasteiger partial charge on any atom is -0.497 e. The van der Waals surface area contributed by atoms with E-state index in [1.165, 1.54) is 18.9 Å². The van der Waals surface area contributed by atoms with E-state index < -0.39 is 56.9 Å². The lowest BCUT2D eigenvalue weighted by Crippen LogP contribution is -2.51. The van der Waals surface area contributed by atoms with Crippen LogP contribution in [0, 0.1) is 5.92 Å². The lowest BCUT2D eigenvalue weighted by molar-refractivity contribution is -0.139. The molecule has 13 heteroatoms. The highest BCUT2D eigenvalue weighted by molar-refractivity contribution is 7.92. The summed E-state index contributed by atoms with van der Waals surface area (Å²) in [7, 11) is -2.75. The van der Waals surface area contributed by atoms with E-state index in [0.717, 1.165) is 18.4 Å². The summed E-state index contributed by atoms with van der Waals surface area (Å²) in [6, 6.07) is 8.28. The number of alkyl halides is 3. The van der Waals surface area contributed by atoms with Gasteiger partial charge in [0.15, 0.2) is 0 Å². The van der Waals surface area contributed by atoms with E-state index in [1.54, 1.807) is 24.3 Å². The summed E-state index contributed by atoms with van der Waals surface area (Å²) < 4.78 is 71.2. The Kier molecular flexibility index (Phi) is 10.4. The van der Waals surface area contributed by atoms with Gasteiger partial charge in [-0.25, -0.2) is 8.42 Å². The smallest absolute Gasteiger partial charge is 0.417 e. The molecular formula is C25H31ClF3N3O5S. The number of carbonyl (C=O) groups excluding carboxylic acids is 2. The monoisotopic (exact) mass is 577 g/mol. The molecule has 0 aliphatic carbocycles. The third kappa shape index (κ3) is 8.52. The number of carbonyl (C=O) groups is 2. The highest BCUT2D eigenvalue weighted by Gasteiger charge is 2.35. The summed E-state index contributed by atoms with van der Waals surface area (Å²) in [5, 5.41) is 2.13. The van der Waals surface area contributed by atoms with E-state index >= 15 is 0 Å². The number of halogens is 4. The minimum absolute atomic E-state index is 0.0850. The topological polar surface area (TPSA) is 96.0 Å². The van der Waals surface area contributed by atoms with Crippen molar-refractivity contribution in [2.75, 3.05) is 30.8 Å². The van der Waals surface area contributed by atoms with Crippen LogP contribution in [0.3, 0.4) is 0 Å². The zero-order chi connectivity index (χ0) is 28.8. The van der Waals surface area contributed by atoms with Gasteiger partial charge in [0.1, 0.15) is 18.3 Å². The number of ether oxygens (including phenoxy) is 1. The first-order chi connectivity index (χ1) is 17.5. The Morgan fingerprint density at radius 2 is 1.76 bits per heavy atom. The molecule has 0 spiro atoms. The number of hydrogen-bond acceptors (Lipinski definition) is 5. The molecule has 2 rings (SSSR count). The van der Waals surface area contributed by atoms with Crippen LogP contribution < -0.4 is 14.4 Å². The second kappa shape index (κ2) is 12.7. The molecular weight excluding hydrogens is 547 g/mol. The maximum absolute atomic E-state index is 13.5. The van der Waals surface area contributed by atoms with Crippen molar-refractivity contribution in [3.8, 4) is 5.75 Å². The number of nitrogens with zero attached hydrogens (tertiary/aromatic N) is 2. The van der Waals surface area contributed by atoms with Crippen molar-refractivity contribution in [3.63, 3.8) is 0 Å². The number of anilines is 1. The van der Waals surface area contributed by atoms with Gasteiger partial charge < -0.3 is 15.0 Å². The number of rotatable bonds is 11. The molecule has 1 unspecified atom stereocenters. The molecule has 0 bridgehead atoms. The fraction of sp³-hybridized carbons (Fsp3) is 0.440. The normalized spacial score (nSPS) is 12.7. The molecule has 0 saturated heterocycles. The highest BCUT2D eigenvalue weighted by Crippen LogP contribution is 2.37. The molecule has 1 atom stereocenters.